The van der Waals surface area contributed by atoms with Crippen LogP contribution in [-0.4, -0.2) is 50.3 Å². The second kappa shape index (κ2) is 8.32. The largest absolute Gasteiger partial charge is 0.448 e. The third-order valence-corrected chi connectivity index (χ3v) is 6.05. The number of esters is 1. The van der Waals surface area contributed by atoms with Crippen molar-refractivity contribution in [3.05, 3.63) is 41.3 Å². The first-order valence-electron chi connectivity index (χ1n) is 9.65. The fourth-order valence-electron chi connectivity index (χ4n) is 3.13. The maximum atomic E-state index is 12.7. The van der Waals surface area contributed by atoms with Gasteiger partial charge in [-0.25, -0.2) is 4.79 Å². The van der Waals surface area contributed by atoms with E-state index in [1.54, 1.807) is 6.92 Å². The molecular weight excluding hydrogens is 376 g/mol. The first kappa shape index (κ1) is 19.0. The van der Waals surface area contributed by atoms with Gasteiger partial charge in [0, 0.05) is 24.7 Å². The second-order valence-corrected chi connectivity index (χ2v) is 8.16. The van der Waals surface area contributed by atoms with Crippen LogP contribution in [0.5, 0.6) is 0 Å². The fraction of sp³-hybridized carbons (Fsp3) is 0.429. The Labute approximate surface area is 168 Å². The highest BCUT2D eigenvalue weighted by Gasteiger charge is 2.28. The molecule has 1 aliphatic carbocycles. The Morgan fingerprint density at radius 3 is 2.61 bits per heavy atom. The van der Waals surface area contributed by atoms with Crippen molar-refractivity contribution >= 4 is 28.2 Å². The molecule has 1 saturated heterocycles. The van der Waals surface area contributed by atoms with Crippen molar-refractivity contribution < 1.29 is 19.1 Å². The molecule has 2 aliphatic rings. The molecular formula is C21H24N2O4S. The Hall–Kier alpha value is -2.38. The van der Waals surface area contributed by atoms with Crippen LogP contribution in [0.3, 0.4) is 0 Å². The summed E-state index contributed by atoms with van der Waals surface area (Å²) in [7, 11) is 0. The lowest BCUT2D eigenvalue weighted by atomic mass is 10.1. The zero-order valence-electron chi connectivity index (χ0n) is 15.8. The molecule has 2 heterocycles. The smallest absolute Gasteiger partial charge is 0.349 e. The molecule has 28 heavy (non-hydrogen) atoms. The summed E-state index contributed by atoms with van der Waals surface area (Å²) in [5, 5.41) is 3.91. The minimum absolute atomic E-state index is 0.232. The van der Waals surface area contributed by atoms with Gasteiger partial charge in [-0.3, -0.25) is 4.79 Å². The number of hydrogen-bond acceptors (Lipinski definition) is 6. The number of nitrogens with one attached hydrogen (secondary N) is 1. The van der Waals surface area contributed by atoms with Crippen molar-refractivity contribution in [2.75, 3.05) is 31.2 Å². The van der Waals surface area contributed by atoms with Gasteiger partial charge in [0.15, 0.2) is 6.10 Å². The highest BCUT2D eigenvalue weighted by atomic mass is 32.1. The Kier molecular flexibility index (Phi) is 5.64. The van der Waals surface area contributed by atoms with Gasteiger partial charge in [0.1, 0.15) is 4.88 Å². The molecule has 1 atom stereocenters. The highest BCUT2D eigenvalue weighted by Crippen LogP contribution is 2.39. The third-order valence-electron chi connectivity index (χ3n) is 4.87. The van der Waals surface area contributed by atoms with Crippen molar-refractivity contribution in [3.63, 3.8) is 0 Å². The molecule has 7 heteroatoms. The third kappa shape index (κ3) is 4.36. The van der Waals surface area contributed by atoms with Gasteiger partial charge >= 0.3 is 5.97 Å². The molecule has 0 unspecified atom stereocenters. The van der Waals surface area contributed by atoms with Gasteiger partial charge in [-0.1, -0.05) is 30.3 Å². The first-order chi connectivity index (χ1) is 13.6. The number of ether oxygens (including phenoxy) is 2. The number of amides is 1. The van der Waals surface area contributed by atoms with Gasteiger partial charge in [-0.15, -0.1) is 11.3 Å². The quantitative estimate of drug-likeness (QED) is 0.755. The summed E-state index contributed by atoms with van der Waals surface area (Å²) in [6.45, 7) is 4.53. The number of thiophene rings is 1. The molecule has 0 radical (unpaired) electrons. The van der Waals surface area contributed by atoms with Crippen molar-refractivity contribution in [2.45, 2.75) is 31.9 Å². The van der Waals surface area contributed by atoms with E-state index in [2.05, 4.69) is 10.2 Å². The second-order valence-electron chi connectivity index (χ2n) is 7.13. The van der Waals surface area contributed by atoms with Gasteiger partial charge in [0.25, 0.3) is 5.91 Å². The van der Waals surface area contributed by atoms with Crippen LogP contribution in [0.15, 0.2) is 36.4 Å². The van der Waals surface area contributed by atoms with Gasteiger partial charge in [-0.2, -0.15) is 0 Å². The van der Waals surface area contributed by atoms with E-state index in [4.69, 9.17) is 9.47 Å². The van der Waals surface area contributed by atoms with Crippen LogP contribution >= 0.6 is 11.3 Å². The predicted molar refractivity (Wildman–Crippen MR) is 109 cm³/mol. The van der Waals surface area contributed by atoms with Crippen molar-refractivity contribution in [1.82, 2.24) is 5.32 Å². The minimum Gasteiger partial charge on any atom is -0.448 e. The number of rotatable bonds is 6. The van der Waals surface area contributed by atoms with Gasteiger partial charge < -0.3 is 19.7 Å². The van der Waals surface area contributed by atoms with E-state index in [9.17, 15) is 9.59 Å². The number of morpholine rings is 1. The van der Waals surface area contributed by atoms with E-state index < -0.39 is 12.1 Å². The lowest BCUT2D eigenvalue weighted by molar-refractivity contribution is -0.129. The number of carbonyl (C=O) groups excluding carboxylic acids is 2. The molecule has 1 aliphatic heterocycles. The number of nitrogens with zero attached hydrogens (tertiary/aromatic N) is 1. The SMILES string of the molecule is C[C@H](OC(=O)c1cc(-c2ccccc2)c(N2CCOCC2)s1)C(=O)NC1CC1. The standard InChI is InChI=1S/C21H24N2O4S/c1-14(19(24)22-16-7-8-16)27-21(25)18-13-17(15-5-3-2-4-6-15)20(28-18)23-9-11-26-12-10-23/h2-6,13-14,16H,7-12H2,1H3,(H,22,24)/t14-/m0/s1. The normalized spacial score (nSPS) is 17.8. The van der Waals surface area contributed by atoms with Gasteiger partial charge in [0.05, 0.1) is 18.2 Å². The summed E-state index contributed by atoms with van der Waals surface area (Å²) in [6.07, 6.45) is 1.20. The van der Waals surface area contributed by atoms with Crippen molar-refractivity contribution in [1.29, 1.82) is 0 Å². The number of anilines is 1. The van der Waals surface area contributed by atoms with E-state index in [1.807, 2.05) is 36.4 Å². The van der Waals surface area contributed by atoms with E-state index in [1.165, 1.54) is 11.3 Å². The average Bonchev–Trinajstić information content (AvgIpc) is 3.42. The molecule has 1 amide bonds. The summed E-state index contributed by atoms with van der Waals surface area (Å²) in [5.74, 6) is -0.691. The van der Waals surface area contributed by atoms with Crippen LogP contribution in [0.1, 0.15) is 29.4 Å². The Bertz CT molecular complexity index is 841. The molecule has 2 fully saturated rings. The number of benzene rings is 1. The topological polar surface area (TPSA) is 67.9 Å². The summed E-state index contributed by atoms with van der Waals surface area (Å²) in [4.78, 5) is 27.6. The summed E-state index contributed by atoms with van der Waals surface area (Å²) in [6, 6.07) is 12.1. The minimum atomic E-state index is -0.804. The molecule has 2 aromatic rings. The van der Waals surface area contributed by atoms with Crippen LogP contribution in [-0.2, 0) is 14.3 Å². The molecule has 1 saturated carbocycles. The molecule has 1 aromatic carbocycles. The van der Waals surface area contributed by atoms with Crippen LogP contribution in [0.25, 0.3) is 11.1 Å². The summed E-state index contributed by atoms with van der Waals surface area (Å²) in [5.41, 5.74) is 2.06. The molecule has 1 N–H and O–H groups in total. The van der Waals surface area contributed by atoms with Gasteiger partial charge in [0.2, 0.25) is 0 Å². The van der Waals surface area contributed by atoms with Crippen molar-refractivity contribution in [3.8, 4) is 11.1 Å². The average molecular weight is 401 g/mol. The Balaban J connectivity index is 1.55. The number of carbonyl (C=O) groups is 2. The molecule has 0 spiro atoms. The Morgan fingerprint density at radius 1 is 1.21 bits per heavy atom. The molecule has 0 bridgehead atoms. The van der Waals surface area contributed by atoms with Crippen LogP contribution in [0.2, 0.25) is 0 Å². The monoisotopic (exact) mass is 400 g/mol. The maximum absolute atomic E-state index is 12.7. The van der Waals surface area contributed by atoms with E-state index >= 15 is 0 Å². The van der Waals surface area contributed by atoms with Crippen molar-refractivity contribution in [2.24, 2.45) is 0 Å². The van der Waals surface area contributed by atoms with Gasteiger partial charge in [-0.05, 0) is 31.4 Å². The van der Waals surface area contributed by atoms with E-state index in [-0.39, 0.29) is 11.9 Å². The molecule has 1 aromatic heterocycles. The van der Waals surface area contributed by atoms with E-state index in [0.717, 1.165) is 42.1 Å². The molecule has 148 valence electrons. The summed E-state index contributed by atoms with van der Waals surface area (Å²) < 4.78 is 10.9. The lowest BCUT2D eigenvalue weighted by Crippen LogP contribution is -2.37. The first-order valence-corrected chi connectivity index (χ1v) is 10.5. The Morgan fingerprint density at radius 2 is 1.93 bits per heavy atom. The van der Waals surface area contributed by atoms with Crippen LogP contribution < -0.4 is 10.2 Å². The summed E-state index contributed by atoms with van der Waals surface area (Å²) >= 11 is 1.41. The number of hydrogen-bond donors (Lipinski definition) is 1. The molecule has 6 nitrogen and oxygen atoms in total. The molecule has 4 rings (SSSR count). The highest BCUT2D eigenvalue weighted by molar-refractivity contribution is 7.18. The lowest BCUT2D eigenvalue weighted by Gasteiger charge is -2.28. The predicted octanol–water partition coefficient (Wildman–Crippen LogP) is 3.08. The van der Waals surface area contributed by atoms with Crippen LogP contribution in [0.4, 0.5) is 5.00 Å². The fourth-order valence-corrected chi connectivity index (χ4v) is 4.24. The maximum Gasteiger partial charge on any atom is 0.349 e. The van der Waals surface area contributed by atoms with E-state index in [0.29, 0.717) is 18.1 Å². The zero-order valence-corrected chi connectivity index (χ0v) is 16.7. The van der Waals surface area contributed by atoms with Crippen LogP contribution in [0, 0.1) is 0 Å². The zero-order chi connectivity index (χ0) is 19.5.